The largest absolute Gasteiger partial charge is 0.466 e. The number of methoxy groups -OCH3 is 1. The lowest BCUT2D eigenvalue weighted by molar-refractivity contribution is -0.136. The summed E-state index contributed by atoms with van der Waals surface area (Å²) in [4.78, 5) is 28.4. The smallest absolute Gasteiger partial charge is 0.336 e. The fourth-order valence-corrected chi connectivity index (χ4v) is 4.92. The van der Waals surface area contributed by atoms with Crippen LogP contribution in [-0.2, 0) is 14.3 Å². The molecule has 5 heteroatoms. The highest BCUT2D eigenvalue weighted by molar-refractivity contribution is 6.04. The molecule has 32 heavy (non-hydrogen) atoms. The first-order valence-corrected chi connectivity index (χ1v) is 11.0. The molecular weight excluding hydrogens is 400 g/mol. The summed E-state index contributed by atoms with van der Waals surface area (Å²) in [6, 6.07) is 16.4. The number of dihydropyridines is 1. The minimum absolute atomic E-state index is 0.0857. The predicted molar refractivity (Wildman–Crippen MR) is 127 cm³/mol. The Balaban J connectivity index is 1.77. The van der Waals surface area contributed by atoms with E-state index in [1.807, 2.05) is 52.2 Å². The van der Waals surface area contributed by atoms with E-state index in [1.165, 1.54) is 7.11 Å². The highest BCUT2D eigenvalue weighted by Crippen LogP contribution is 2.46. The molecule has 2 atom stereocenters. The first-order valence-electron chi connectivity index (χ1n) is 11.0. The lowest BCUT2D eigenvalue weighted by atomic mass is 9.71. The number of hydrogen-bond donors (Lipinski definition) is 1. The molecule has 0 unspecified atom stereocenters. The molecule has 1 heterocycles. The molecular formula is C27H30N2O3. The number of benzene rings is 2. The van der Waals surface area contributed by atoms with Crippen LogP contribution in [-0.4, -0.2) is 33.0 Å². The lowest BCUT2D eigenvalue weighted by Gasteiger charge is -2.37. The second-order valence-corrected chi connectivity index (χ2v) is 8.85. The zero-order valence-corrected chi connectivity index (χ0v) is 19.4. The van der Waals surface area contributed by atoms with Crippen LogP contribution in [0.15, 0.2) is 71.1 Å². The number of ether oxygens (including phenoxy) is 1. The van der Waals surface area contributed by atoms with Gasteiger partial charge < -0.3 is 15.0 Å². The Bertz CT molecular complexity index is 1130. The van der Waals surface area contributed by atoms with Crippen molar-refractivity contribution < 1.29 is 14.3 Å². The Morgan fingerprint density at radius 3 is 2.34 bits per heavy atom. The Kier molecular flexibility index (Phi) is 5.92. The van der Waals surface area contributed by atoms with Crippen molar-refractivity contribution in [3.8, 4) is 0 Å². The number of carbonyl (C=O) groups is 2. The molecule has 0 saturated heterocycles. The number of allylic oxidation sites excluding steroid dienone is 3. The highest BCUT2D eigenvalue weighted by atomic mass is 16.5. The van der Waals surface area contributed by atoms with E-state index < -0.39 is 11.9 Å². The molecule has 5 nitrogen and oxygen atoms in total. The summed E-state index contributed by atoms with van der Waals surface area (Å²) in [6.45, 7) is 3.91. The molecule has 0 radical (unpaired) electrons. The Hall–Kier alpha value is -3.34. The van der Waals surface area contributed by atoms with Crippen LogP contribution in [0.4, 0.5) is 5.69 Å². The molecule has 4 rings (SSSR count). The summed E-state index contributed by atoms with van der Waals surface area (Å²) >= 11 is 0. The van der Waals surface area contributed by atoms with Gasteiger partial charge in [0.1, 0.15) is 0 Å². The molecule has 166 valence electrons. The zero-order valence-electron chi connectivity index (χ0n) is 19.4. The van der Waals surface area contributed by atoms with Gasteiger partial charge in [-0.25, -0.2) is 4.79 Å². The quantitative estimate of drug-likeness (QED) is 0.719. The molecule has 2 aromatic rings. The summed E-state index contributed by atoms with van der Waals surface area (Å²) in [5.74, 6) is -0.619. The van der Waals surface area contributed by atoms with E-state index >= 15 is 0 Å². The SMILES string of the molecule is COC(=O)C1=C(C)NC2=C(C(=O)C[C@@H](c3ccc(N(C)C)cc3)C2)[C@H]1c1ccccc1C. The number of hydrogen-bond acceptors (Lipinski definition) is 5. The van der Waals surface area contributed by atoms with Crippen LogP contribution in [0.3, 0.4) is 0 Å². The van der Waals surface area contributed by atoms with Gasteiger partial charge in [0, 0.05) is 49.1 Å². The van der Waals surface area contributed by atoms with Gasteiger partial charge >= 0.3 is 5.97 Å². The average molecular weight is 431 g/mol. The first kappa shape index (κ1) is 21.9. The molecule has 0 spiro atoms. The van der Waals surface area contributed by atoms with Crippen LogP contribution >= 0.6 is 0 Å². The fraction of sp³-hybridized carbons (Fsp3) is 0.333. The van der Waals surface area contributed by atoms with E-state index in [4.69, 9.17) is 4.74 Å². The number of nitrogens with zero attached hydrogens (tertiary/aromatic N) is 1. The second-order valence-electron chi connectivity index (χ2n) is 8.85. The van der Waals surface area contributed by atoms with E-state index in [0.29, 0.717) is 17.6 Å². The number of Topliss-reactive ketones (excluding diaryl/α,β-unsaturated/α-hetero) is 1. The third-order valence-electron chi connectivity index (χ3n) is 6.61. The normalized spacial score (nSPS) is 20.6. The van der Waals surface area contributed by atoms with Gasteiger partial charge in [-0.3, -0.25) is 4.79 Å². The zero-order chi connectivity index (χ0) is 23.0. The number of rotatable bonds is 4. The summed E-state index contributed by atoms with van der Waals surface area (Å²) in [6.07, 6.45) is 1.16. The van der Waals surface area contributed by atoms with Crippen molar-refractivity contribution >= 4 is 17.4 Å². The van der Waals surface area contributed by atoms with Crippen LogP contribution in [0.2, 0.25) is 0 Å². The molecule has 0 aromatic heterocycles. The van der Waals surface area contributed by atoms with E-state index in [1.54, 1.807) is 0 Å². The van der Waals surface area contributed by atoms with Gasteiger partial charge in [-0.1, -0.05) is 36.4 Å². The van der Waals surface area contributed by atoms with E-state index in [9.17, 15) is 9.59 Å². The summed E-state index contributed by atoms with van der Waals surface area (Å²) in [5, 5.41) is 3.39. The topological polar surface area (TPSA) is 58.6 Å². The van der Waals surface area contributed by atoms with Gasteiger partial charge in [-0.15, -0.1) is 0 Å². The molecule has 2 aliphatic rings. The molecule has 1 aliphatic heterocycles. The number of ketones is 1. The second kappa shape index (κ2) is 8.65. The number of aryl methyl sites for hydroxylation is 1. The molecule has 0 bridgehead atoms. The molecule has 1 aliphatic carbocycles. The third-order valence-corrected chi connectivity index (χ3v) is 6.61. The van der Waals surface area contributed by atoms with Crippen LogP contribution in [0.5, 0.6) is 0 Å². The van der Waals surface area contributed by atoms with E-state index in [2.05, 4.69) is 34.5 Å². The maximum absolute atomic E-state index is 13.6. The minimum Gasteiger partial charge on any atom is -0.466 e. The van der Waals surface area contributed by atoms with Crippen molar-refractivity contribution in [3.05, 3.63) is 87.8 Å². The van der Waals surface area contributed by atoms with E-state index in [0.717, 1.165) is 40.2 Å². The first-order chi connectivity index (χ1) is 15.3. The Labute approximate surface area is 189 Å². The number of nitrogens with one attached hydrogen (secondary N) is 1. The fourth-order valence-electron chi connectivity index (χ4n) is 4.92. The summed E-state index contributed by atoms with van der Waals surface area (Å²) in [7, 11) is 5.42. The van der Waals surface area contributed by atoms with Crippen LogP contribution in [0.1, 0.15) is 48.3 Å². The molecule has 0 amide bonds. The number of carbonyl (C=O) groups excluding carboxylic acids is 2. The monoisotopic (exact) mass is 430 g/mol. The van der Waals surface area contributed by atoms with E-state index in [-0.39, 0.29) is 11.7 Å². The van der Waals surface area contributed by atoms with Crippen molar-refractivity contribution in [2.45, 2.75) is 38.5 Å². The molecule has 0 saturated carbocycles. The molecule has 1 N–H and O–H groups in total. The van der Waals surface area contributed by atoms with Gasteiger partial charge in [0.2, 0.25) is 0 Å². The number of esters is 1. The highest BCUT2D eigenvalue weighted by Gasteiger charge is 2.41. The standard InChI is InChI=1S/C27H30N2O3/c1-16-8-6-7-9-21(16)25-24(27(31)32-5)17(2)28-22-14-19(15-23(30)26(22)25)18-10-12-20(13-11-18)29(3)4/h6-13,19,25,28H,14-15H2,1-5H3/t19-,25-/m0/s1. The molecule has 0 fully saturated rings. The maximum Gasteiger partial charge on any atom is 0.336 e. The van der Waals surface area contributed by atoms with Crippen molar-refractivity contribution in [2.24, 2.45) is 0 Å². The van der Waals surface area contributed by atoms with Crippen molar-refractivity contribution in [1.29, 1.82) is 0 Å². The van der Waals surface area contributed by atoms with Gasteiger partial charge in [0.25, 0.3) is 0 Å². The maximum atomic E-state index is 13.6. The van der Waals surface area contributed by atoms with Gasteiger partial charge in [-0.2, -0.15) is 0 Å². The predicted octanol–water partition coefficient (Wildman–Crippen LogP) is 4.60. The van der Waals surface area contributed by atoms with Crippen LogP contribution in [0, 0.1) is 6.92 Å². The minimum atomic E-state index is -0.413. The summed E-state index contributed by atoms with van der Waals surface area (Å²) in [5.41, 5.74) is 7.20. The Morgan fingerprint density at radius 2 is 1.72 bits per heavy atom. The lowest BCUT2D eigenvalue weighted by Crippen LogP contribution is -2.36. The van der Waals surface area contributed by atoms with Crippen molar-refractivity contribution in [2.75, 3.05) is 26.1 Å². The Morgan fingerprint density at radius 1 is 1.03 bits per heavy atom. The molecule has 2 aromatic carbocycles. The van der Waals surface area contributed by atoms with Gasteiger partial charge in [-0.05, 0) is 55.0 Å². The average Bonchev–Trinajstić information content (AvgIpc) is 2.78. The summed E-state index contributed by atoms with van der Waals surface area (Å²) < 4.78 is 5.11. The van der Waals surface area contributed by atoms with Gasteiger partial charge in [0.05, 0.1) is 12.7 Å². The van der Waals surface area contributed by atoms with Gasteiger partial charge in [0.15, 0.2) is 5.78 Å². The third kappa shape index (κ3) is 3.83. The number of anilines is 1. The van der Waals surface area contributed by atoms with Crippen LogP contribution < -0.4 is 10.2 Å². The van der Waals surface area contributed by atoms with Crippen molar-refractivity contribution in [3.63, 3.8) is 0 Å². The van der Waals surface area contributed by atoms with Crippen molar-refractivity contribution in [1.82, 2.24) is 5.32 Å². The van der Waals surface area contributed by atoms with Crippen LogP contribution in [0.25, 0.3) is 0 Å².